The van der Waals surface area contributed by atoms with E-state index in [9.17, 15) is 0 Å². The van der Waals surface area contributed by atoms with Crippen molar-refractivity contribution < 1.29 is 4.74 Å². The Morgan fingerprint density at radius 1 is 1.25 bits per heavy atom. The summed E-state index contributed by atoms with van der Waals surface area (Å²) in [5, 5.41) is 3.38. The Morgan fingerprint density at radius 3 is 2.88 bits per heavy atom. The monoisotopic (exact) mass is 361 g/mol. The van der Waals surface area contributed by atoms with Crippen LogP contribution in [0.4, 0.5) is 0 Å². The summed E-state index contributed by atoms with van der Waals surface area (Å²) in [5.41, 5.74) is 3.23. The lowest BCUT2D eigenvalue weighted by Crippen LogP contribution is -2.58. The van der Waals surface area contributed by atoms with E-state index >= 15 is 0 Å². The average molecular weight is 362 g/mol. The molecule has 2 fully saturated rings. The number of hydrogen-bond acceptors (Lipinski definition) is 6. The third-order valence-corrected chi connectivity index (χ3v) is 7.16. The van der Waals surface area contributed by atoms with Gasteiger partial charge in [0.1, 0.15) is 5.01 Å². The van der Waals surface area contributed by atoms with Gasteiger partial charge < -0.3 is 4.74 Å². The van der Waals surface area contributed by atoms with Crippen molar-refractivity contribution >= 4 is 23.1 Å². The Kier molecular flexibility index (Phi) is 4.64. The fourth-order valence-corrected chi connectivity index (χ4v) is 5.98. The van der Waals surface area contributed by atoms with E-state index in [-0.39, 0.29) is 0 Å². The van der Waals surface area contributed by atoms with E-state index < -0.39 is 0 Å². The second-order valence-corrected chi connectivity index (χ2v) is 9.36. The third-order valence-electron chi connectivity index (χ3n) is 4.64. The molecule has 0 aliphatic carbocycles. The number of thioether (sulfide) groups is 1. The second-order valence-electron chi connectivity index (χ2n) is 6.93. The number of nitrogens with zero attached hydrogens (tertiary/aromatic N) is 3. The first-order valence-corrected chi connectivity index (χ1v) is 10.3. The highest BCUT2D eigenvalue weighted by Gasteiger charge is 2.49. The topological polar surface area (TPSA) is 38.2 Å². The van der Waals surface area contributed by atoms with Gasteiger partial charge in [0.25, 0.3) is 0 Å². The lowest BCUT2D eigenvalue weighted by Gasteiger charge is -2.47. The first-order chi connectivity index (χ1) is 11.6. The summed E-state index contributed by atoms with van der Waals surface area (Å²) < 4.78 is 6.53. The van der Waals surface area contributed by atoms with Crippen LogP contribution in [0, 0.1) is 13.8 Å². The van der Waals surface area contributed by atoms with Crippen molar-refractivity contribution in [2.75, 3.05) is 18.8 Å². The lowest BCUT2D eigenvalue weighted by atomic mass is 9.93. The van der Waals surface area contributed by atoms with Gasteiger partial charge >= 0.3 is 0 Å². The van der Waals surface area contributed by atoms with Crippen LogP contribution in [-0.4, -0.2) is 44.6 Å². The molecule has 2 aliphatic heterocycles. The van der Waals surface area contributed by atoms with Gasteiger partial charge in [0.15, 0.2) is 0 Å². The number of ether oxygens (including phenoxy) is 1. The fraction of sp³-hybridized carbons (Fsp3) is 0.556. The van der Waals surface area contributed by atoms with Gasteiger partial charge in [-0.05, 0) is 32.4 Å². The molecule has 0 unspecified atom stereocenters. The largest absolute Gasteiger partial charge is 0.371 e. The minimum Gasteiger partial charge on any atom is -0.371 e. The number of rotatable bonds is 5. The number of hydrogen-bond donors (Lipinski definition) is 0. The molecule has 24 heavy (non-hydrogen) atoms. The Hall–Kier alpha value is -0.950. The van der Waals surface area contributed by atoms with Crippen molar-refractivity contribution in [3.63, 3.8) is 0 Å². The SMILES string of the molecule is Cc1cccc(CO[C@@H]2CSC3(C2)CN(Cc2nc(C)cs2)C3)n1. The molecule has 0 saturated carbocycles. The van der Waals surface area contributed by atoms with Crippen LogP contribution in [0.25, 0.3) is 0 Å². The Balaban J connectivity index is 1.24. The summed E-state index contributed by atoms with van der Waals surface area (Å²) in [6, 6.07) is 6.12. The van der Waals surface area contributed by atoms with Crippen molar-refractivity contribution in [3.8, 4) is 0 Å². The summed E-state index contributed by atoms with van der Waals surface area (Å²) in [4.78, 5) is 11.6. The fourth-order valence-electron chi connectivity index (χ4n) is 3.56. The second kappa shape index (κ2) is 6.75. The van der Waals surface area contributed by atoms with Crippen LogP contribution in [0.2, 0.25) is 0 Å². The lowest BCUT2D eigenvalue weighted by molar-refractivity contribution is 0.0250. The predicted octanol–water partition coefficient (Wildman–Crippen LogP) is 3.43. The number of aromatic nitrogens is 2. The van der Waals surface area contributed by atoms with Crippen LogP contribution < -0.4 is 0 Å². The normalized spacial score (nSPS) is 22.8. The molecule has 0 bridgehead atoms. The van der Waals surface area contributed by atoms with Crippen molar-refractivity contribution in [2.24, 2.45) is 0 Å². The first-order valence-electron chi connectivity index (χ1n) is 8.42. The summed E-state index contributed by atoms with van der Waals surface area (Å²) in [6.07, 6.45) is 1.53. The molecule has 0 radical (unpaired) electrons. The number of aryl methyl sites for hydroxylation is 2. The Labute approximate surface area is 151 Å². The van der Waals surface area contributed by atoms with Gasteiger partial charge in [-0.15, -0.1) is 23.1 Å². The molecule has 2 aromatic rings. The van der Waals surface area contributed by atoms with E-state index in [1.165, 1.54) is 18.1 Å². The average Bonchev–Trinajstić information content (AvgIpc) is 3.12. The molecule has 1 atom stereocenters. The van der Waals surface area contributed by atoms with Gasteiger partial charge in [0.2, 0.25) is 0 Å². The highest BCUT2D eigenvalue weighted by Crippen LogP contribution is 2.46. The number of pyridine rings is 1. The number of thiazole rings is 1. The van der Waals surface area contributed by atoms with Gasteiger partial charge in [0.05, 0.1) is 24.9 Å². The van der Waals surface area contributed by atoms with Crippen LogP contribution in [0.5, 0.6) is 0 Å². The molecule has 2 saturated heterocycles. The van der Waals surface area contributed by atoms with E-state index in [2.05, 4.69) is 45.0 Å². The van der Waals surface area contributed by atoms with Crippen LogP contribution in [0.1, 0.15) is 28.5 Å². The zero-order chi connectivity index (χ0) is 16.6. The molecule has 4 rings (SSSR count). The van der Waals surface area contributed by atoms with E-state index in [1.807, 2.05) is 19.1 Å². The summed E-state index contributed by atoms with van der Waals surface area (Å²) in [5.74, 6) is 1.11. The first kappa shape index (κ1) is 16.5. The molecule has 1 spiro atoms. The summed E-state index contributed by atoms with van der Waals surface area (Å²) in [7, 11) is 0. The van der Waals surface area contributed by atoms with Gasteiger partial charge in [-0.1, -0.05) is 6.07 Å². The van der Waals surface area contributed by atoms with E-state index in [4.69, 9.17) is 4.74 Å². The molecule has 4 heterocycles. The van der Waals surface area contributed by atoms with Crippen LogP contribution >= 0.6 is 23.1 Å². The molecular formula is C18H23N3OS2. The highest BCUT2D eigenvalue weighted by molar-refractivity contribution is 8.01. The molecular weight excluding hydrogens is 338 g/mol. The summed E-state index contributed by atoms with van der Waals surface area (Å²) >= 11 is 3.87. The highest BCUT2D eigenvalue weighted by atomic mass is 32.2. The summed E-state index contributed by atoms with van der Waals surface area (Å²) in [6.45, 7) is 8.05. The maximum atomic E-state index is 6.12. The smallest absolute Gasteiger partial charge is 0.107 e. The Bertz CT molecular complexity index is 712. The zero-order valence-corrected chi connectivity index (χ0v) is 15.8. The molecule has 0 N–H and O–H groups in total. The molecule has 2 aliphatic rings. The molecule has 4 nitrogen and oxygen atoms in total. The van der Waals surface area contributed by atoms with Crippen molar-refractivity contribution in [2.45, 2.75) is 44.3 Å². The van der Waals surface area contributed by atoms with Crippen LogP contribution in [-0.2, 0) is 17.9 Å². The van der Waals surface area contributed by atoms with Gasteiger partial charge in [-0.3, -0.25) is 9.88 Å². The standard InChI is InChI=1S/C18H23N3OS2/c1-13-4-3-5-15(19-13)8-22-16-6-18(24-10-16)11-21(12-18)7-17-20-14(2)9-23-17/h3-5,9,16H,6-8,10-12H2,1-2H3/t16-/m0/s1. The van der Waals surface area contributed by atoms with Crippen LogP contribution in [0.3, 0.4) is 0 Å². The minimum absolute atomic E-state index is 0.363. The maximum absolute atomic E-state index is 6.12. The molecule has 128 valence electrons. The van der Waals surface area contributed by atoms with Crippen molar-refractivity contribution in [1.29, 1.82) is 0 Å². The van der Waals surface area contributed by atoms with Gasteiger partial charge in [-0.2, -0.15) is 0 Å². The zero-order valence-electron chi connectivity index (χ0n) is 14.2. The van der Waals surface area contributed by atoms with E-state index in [0.29, 0.717) is 17.5 Å². The molecule has 6 heteroatoms. The maximum Gasteiger partial charge on any atom is 0.107 e. The van der Waals surface area contributed by atoms with Crippen molar-refractivity contribution in [1.82, 2.24) is 14.9 Å². The Morgan fingerprint density at radius 2 is 2.12 bits per heavy atom. The van der Waals surface area contributed by atoms with E-state index in [1.54, 1.807) is 11.3 Å². The number of likely N-dealkylation sites (tertiary alicyclic amines) is 1. The minimum atomic E-state index is 0.363. The predicted molar refractivity (Wildman–Crippen MR) is 99.5 cm³/mol. The molecule has 2 aromatic heterocycles. The van der Waals surface area contributed by atoms with Crippen LogP contribution in [0.15, 0.2) is 23.6 Å². The van der Waals surface area contributed by atoms with Gasteiger partial charge in [-0.25, -0.2) is 4.98 Å². The molecule has 0 aromatic carbocycles. The van der Waals surface area contributed by atoms with Gasteiger partial charge in [0, 0.05) is 40.4 Å². The molecule has 0 amide bonds. The third kappa shape index (κ3) is 3.67. The quantitative estimate of drug-likeness (QED) is 0.816. The van der Waals surface area contributed by atoms with E-state index in [0.717, 1.165) is 35.8 Å². The van der Waals surface area contributed by atoms with Crippen molar-refractivity contribution in [3.05, 3.63) is 45.7 Å².